The summed E-state index contributed by atoms with van der Waals surface area (Å²) in [6.45, 7) is 2.48. The summed E-state index contributed by atoms with van der Waals surface area (Å²) in [5.74, 6) is 0. The van der Waals surface area contributed by atoms with Gasteiger partial charge in [-0.2, -0.15) is 5.10 Å². The van der Waals surface area contributed by atoms with Crippen molar-refractivity contribution in [2.75, 3.05) is 6.54 Å². The minimum absolute atomic E-state index is 0.116. The fourth-order valence-electron chi connectivity index (χ4n) is 1.88. The summed E-state index contributed by atoms with van der Waals surface area (Å²) in [7, 11) is 1.87. The molecule has 106 valence electrons. The molecule has 0 bridgehead atoms. The normalized spacial score (nSPS) is 11.9. The van der Waals surface area contributed by atoms with E-state index < -0.39 is 0 Å². The maximum absolute atomic E-state index is 11.8. The summed E-state index contributed by atoms with van der Waals surface area (Å²) >= 11 is 0. The molecule has 1 atom stereocenters. The zero-order valence-electron chi connectivity index (χ0n) is 11.7. The van der Waals surface area contributed by atoms with E-state index in [1.54, 1.807) is 17.1 Å². The SMILES string of the molecule is C[C@H](NC(=O)NCCc1cnn(C)c1)c1ccccn1. The van der Waals surface area contributed by atoms with E-state index in [0.717, 1.165) is 17.7 Å². The molecule has 0 aliphatic carbocycles. The zero-order chi connectivity index (χ0) is 14.4. The van der Waals surface area contributed by atoms with Crippen LogP contribution in [-0.4, -0.2) is 27.3 Å². The third-order valence-corrected chi connectivity index (χ3v) is 2.94. The fourth-order valence-corrected chi connectivity index (χ4v) is 1.88. The smallest absolute Gasteiger partial charge is 0.315 e. The molecule has 2 aromatic rings. The van der Waals surface area contributed by atoms with Crippen LogP contribution >= 0.6 is 0 Å². The largest absolute Gasteiger partial charge is 0.338 e. The highest BCUT2D eigenvalue weighted by Gasteiger charge is 2.09. The quantitative estimate of drug-likeness (QED) is 0.865. The summed E-state index contributed by atoms with van der Waals surface area (Å²) in [6.07, 6.45) is 6.22. The summed E-state index contributed by atoms with van der Waals surface area (Å²) in [5, 5.41) is 9.76. The standard InChI is InChI=1S/C14H19N5O/c1-11(13-5-3-4-7-15-13)18-14(20)16-8-6-12-9-17-19(2)10-12/h3-5,7,9-11H,6,8H2,1-2H3,(H2,16,18,20)/t11-/m0/s1. The van der Waals surface area contributed by atoms with E-state index in [1.165, 1.54) is 0 Å². The van der Waals surface area contributed by atoms with Gasteiger partial charge in [0.15, 0.2) is 0 Å². The molecule has 0 fully saturated rings. The van der Waals surface area contributed by atoms with Crippen molar-refractivity contribution in [3.05, 3.63) is 48.0 Å². The lowest BCUT2D eigenvalue weighted by Gasteiger charge is -2.13. The van der Waals surface area contributed by atoms with Gasteiger partial charge in [0, 0.05) is 26.0 Å². The second kappa shape index (κ2) is 6.70. The molecule has 2 heterocycles. The van der Waals surface area contributed by atoms with E-state index >= 15 is 0 Å². The number of aryl methyl sites for hydroxylation is 1. The lowest BCUT2D eigenvalue weighted by Crippen LogP contribution is -2.38. The van der Waals surface area contributed by atoms with Crippen molar-refractivity contribution in [3.63, 3.8) is 0 Å². The maximum atomic E-state index is 11.8. The highest BCUT2D eigenvalue weighted by Crippen LogP contribution is 2.07. The van der Waals surface area contributed by atoms with Gasteiger partial charge in [0.25, 0.3) is 0 Å². The lowest BCUT2D eigenvalue weighted by atomic mass is 10.2. The number of nitrogens with zero attached hydrogens (tertiary/aromatic N) is 3. The number of urea groups is 1. The van der Waals surface area contributed by atoms with Gasteiger partial charge in [-0.3, -0.25) is 9.67 Å². The maximum Gasteiger partial charge on any atom is 0.315 e. The van der Waals surface area contributed by atoms with Gasteiger partial charge in [0.2, 0.25) is 0 Å². The van der Waals surface area contributed by atoms with Crippen LogP contribution in [0.25, 0.3) is 0 Å². The average molecular weight is 273 g/mol. The number of carbonyl (C=O) groups excluding carboxylic acids is 1. The predicted molar refractivity (Wildman–Crippen MR) is 76.1 cm³/mol. The Morgan fingerprint density at radius 3 is 2.95 bits per heavy atom. The number of pyridine rings is 1. The molecule has 6 nitrogen and oxygen atoms in total. The van der Waals surface area contributed by atoms with Gasteiger partial charge in [-0.15, -0.1) is 0 Å². The molecule has 0 radical (unpaired) electrons. The molecule has 20 heavy (non-hydrogen) atoms. The zero-order valence-corrected chi connectivity index (χ0v) is 11.7. The van der Waals surface area contributed by atoms with Crippen LogP contribution in [0.1, 0.15) is 24.2 Å². The van der Waals surface area contributed by atoms with Crippen LogP contribution < -0.4 is 10.6 Å². The van der Waals surface area contributed by atoms with Crippen molar-refractivity contribution in [1.29, 1.82) is 0 Å². The molecule has 0 spiro atoms. The molecule has 2 N–H and O–H groups in total. The molecule has 2 amide bonds. The molecule has 0 unspecified atom stereocenters. The number of hydrogen-bond acceptors (Lipinski definition) is 3. The number of nitrogens with one attached hydrogen (secondary N) is 2. The van der Waals surface area contributed by atoms with Gasteiger partial charge in [-0.25, -0.2) is 4.79 Å². The minimum atomic E-state index is -0.188. The topological polar surface area (TPSA) is 71.8 Å². The Kier molecular flexibility index (Phi) is 4.70. The van der Waals surface area contributed by atoms with Crippen molar-refractivity contribution in [3.8, 4) is 0 Å². The second-order valence-corrected chi connectivity index (χ2v) is 4.65. The first-order valence-corrected chi connectivity index (χ1v) is 6.58. The van der Waals surface area contributed by atoms with Crippen LogP contribution in [0.4, 0.5) is 4.79 Å². The first-order chi connectivity index (χ1) is 9.65. The molecule has 6 heteroatoms. The van der Waals surface area contributed by atoms with Crippen molar-refractivity contribution in [2.24, 2.45) is 7.05 Å². The third kappa shape index (κ3) is 4.08. The molecule has 0 aliphatic rings. The van der Waals surface area contributed by atoms with E-state index in [1.807, 2.05) is 38.4 Å². The van der Waals surface area contributed by atoms with Gasteiger partial charge in [0.05, 0.1) is 17.9 Å². The predicted octanol–water partition coefficient (Wildman–Crippen LogP) is 1.42. The van der Waals surface area contributed by atoms with Crippen LogP contribution in [0.5, 0.6) is 0 Å². The molecular formula is C14H19N5O. The molecule has 2 rings (SSSR count). The highest BCUT2D eigenvalue weighted by atomic mass is 16.2. The molecular weight excluding hydrogens is 254 g/mol. The Hall–Kier alpha value is -2.37. The summed E-state index contributed by atoms with van der Waals surface area (Å²) in [4.78, 5) is 16.0. The molecule has 0 saturated carbocycles. The Bertz CT molecular complexity index is 552. The first-order valence-electron chi connectivity index (χ1n) is 6.58. The van der Waals surface area contributed by atoms with Gasteiger partial charge < -0.3 is 10.6 Å². The number of amides is 2. The minimum Gasteiger partial charge on any atom is -0.338 e. The molecule has 0 saturated heterocycles. The Labute approximate surface area is 118 Å². The summed E-state index contributed by atoms with van der Waals surface area (Å²) < 4.78 is 1.75. The Morgan fingerprint density at radius 2 is 2.30 bits per heavy atom. The Morgan fingerprint density at radius 1 is 1.45 bits per heavy atom. The van der Waals surface area contributed by atoms with Crippen LogP contribution in [0.3, 0.4) is 0 Å². The number of rotatable bonds is 5. The van der Waals surface area contributed by atoms with Crippen molar-refractivity contribution >= 4 is 6.03 Å². The van der Waals surface area contributed by atoms with E-state index in [2.05, 4.69) is 20.7 Å². The Balaban J connectivity index is 1.73. The average Bonchev–Trinajstić information content (AvgIpc) is 2.85. The van der Waals surface area contributed by atoms with Gasteiger partial charge in [-0.1, -0.05) is 6.07 Å². The van der Waals surface area contributed by atoms with Crippen molar-refractivity contribution < 1.29 is 4.79 Å². The molecule has 0 aromatic carbocycles. The van der Waals surface area contributed by atoms with Gasteiger partial charge in [0.1, 0.15) is 0 Å². The van der Waals surface area contributed by atoms with Crippen molar-refractivity contribution in [2.45, 2.75) is 19.4 Å². The van der Waals surface area contributed by atoms with Crippen LogP contribution in [-0.2, 0) is 13.5 Å². The van der Waals surface area contributed by atoms with Gasteiger partial charge in [-0.05, 0) is 31.0 Å². The van der Waals surface area contributed by atoms with E-state index in [0.29, 0.717) is 6.54 Å². The van der Waals surface area contributed by atoms with Crippen molar-refractivity contribution in [1.82, 2.24) is 25.4 Å². The third-order valence-electron chi connectivity index (χ3n) is 2.94. The number of hydrogen-bond donors (Lipinski definition) is 2. The fraction of sp³-hybridized carbons (Fsp3) is 0.357. The van der Waals surface area contributed by atoms with E-state index in [4.69, 9.17) is 0 Å². The summed E-state index contributed by atoms with van der Waals surface area (Å²) in [5.41, 5.74) is 1.94. The summed E-state index contributed by atoms with van der Waals surface area (Å²) in [6, 6.07) is 5.34. The number of aromatic nitrogens is 3. The number of carbonyl (C=O) groups is 1. The van der Waals surface area contributed by atoms with Crippen LogP contribution in [0, 0.1) is 0 Å². The van der Waals surface area contributed by atoms with E-state index in [9.17, 15) is 4.79 Å². The second-order valence-electron chi connectivity index (χ2n) is 4.65. The molecule has 2 aromatic heterocycles. The highest BCUT2D eigenvalue weighted by molar-refractivity contribution is 5.74. The monoisotopic (exact) mass is 273 g/mol. The first kappa shape index (κ1) is 14.0. The van der Waals surface area contributed by atoms with Gasteiger partial charge >= 0.3 is 6.03 Å². The van der Waals surface area contributed by atoms with Crippen LogP contribution in [0.2, 0.25) is 0 Å². The van der Waals surface area contributed by atoms with E-state index in [-0.39, 0.29) is 12.1 Å². The lowest BCUT2D eigenvalue weighted by molar-refractivity contribution is 0.238. The molecule has 0 aliphatic heterocycles. The van der Waals surface area contributed by atoms with Crippen LogP contribution in [0.15, 0.2) is 36.8 Å².